The van der Waals surface area contributed by atoms with E-state index in [4.69, 9.17) is 15.2 Å². The highest BCUT2D eigenvalue weighted by Gasteiger charge is 2.18. The zero-order chi connectivity index (χ0) is 39.0. The summed E-state index contributed by atoms with van der Waals surface area (Å²) in [4.78, 5) is 47.8. The quantitative estimate of drug-likeness (QED) is 0.0321. The van der Waals surface area contributed by atoms with E-state index in [1.165, 1.54) is 17.3 Å². The first kappa shape index (κ1) is 40.4. The molecule has 14 heteroatoms. The van der Waals surface area contributed by atoms with Crippen molar-refractivity contribution in [1.82, 2.24) is 40.3 Å². The maximum absolute atomic E-state index is 12.8. The Labute approximate surface area is 322 Å². The van der Waals surface area contributed by atoms with Crippen LogP contribution < -0.4 is 16.4 Å². The Morgan fingerprint density at radius 3 is 2.62 bits per heavy atom. The van der Waals surface area contributed by atoms with Crippen LogP contribution in [0.25, 0.3) is 33.4 Å². The lowest BCUT2D eigenvalue weighted by Crippen LogP contribution is -2.28. The van der Waals surface area contributed by atoms with E-state index < -0.39 is 0 Å². The van der Waals surface area contributed by atoms with Gasteiger partial charge in [-0.3, -0.25) is 24.5 Å². The summed E-state index contributed by atoms with van der Waals surface area (Å²) in [7, 11) is 0. The molecule has 14 nitrogen and oxygen atoms in total. The molecule has 4 N–H and O–H groups in total. The highest BCUT2D eigenvalue weighted by atomic mass is 16.4. The molecule has 3 heterocycles. The molecular formula is C41H53N11O3. The minimum absolute atomic E-state index is 0.119. The van der Waals surface area contributed by atoms with Crippen LogP contribution in [0.1, 0.15) is 74.8 Å². The number of carbonyl (C=O) groups excluding carboxylic acids is 2. The van der Waals surface area contributed by atoms with E-state index in [1.807, 2.05) is 29.8 Å². The lowest BCUT2D eigenvalue weighted by Gasteiger charge is -2.17. The molecule has 3 aromatic heterocycles. The molecule has 2 aromatic carbocycles. The molecule has 290 valence electrons. The number of aryl methyl sites for hydroxylation is 2. The number of amides is 2. The fourth-order valence-electron chi connectivity index (χ4n) is 6.74. The predicted octanol–water partition coefficient (Wildman–Crippen LogP) is 5.82. The topological polar surface area (TPSA) is 182 Å². The summed E-state index contributed by atoms with van der Waals surface area (Å²) in [5.74, 6) is -0.192. The van der Waals surface area contributed by atoms with Gasteiger partial charge in [0.2, 0.25) is 6.41 Å². The number of rotatable bonds is 23. The van der Waals surface area contributed by atoms with Gasteiger partial charge in [-0.25, -0.2) is 14.6 Å². The lowest BCUT2D eigenvalue weighted by atomic mass is 9.96. The zero-order valence-electron chi connectivity index (χ0n) is 32.3. The second-order valence-electron chi connectivity index (χ2n) is 13.6. The number of benzene rings is 2. The van der Waals surface area contributed by atoms with Crippen LogP contribution in [0.2, 0.25) is 0 Å². The number of nitrogens with one attached hydrogen (secondary N) is 2. The standard InChI is InChI=1S/C41H53N11O3/c1-5-19-51(20-6-2)27-45-24-34(23-43-4)40(54)46-17-10-8-7-9-11-31-13-12-30(21-32(31)16-18-44-28-53)25-52-39-37(29(3)47-26-48-39)38(50-52)33-14-15-36-35(22-33)49-41(42)55-36/h12-15,21-24,26,28H,4-11,16-20,25,27H2,1-3H3,(H2,42,49)(H,44,53)(H,46,54)/b34-23+,45-24-. The zero-order valence-corrected chi connectivity index (χ0v) is 32.3. The van der Waals surface area contributed by atoms with E-state index in [0.29, 0.717) is 43.0 Å². The average molecular weight is 748 g/mol. The van der Waals surface area contributed by atoms with Crippen LogP contribution in [0, 0.1) is 6.92 Å². The first-order chi connectivity index (χ1) is 26.8. The molecular weight excluding hydrogens is 695 g/mol. The third-order valence-electron chi connectivity index (χ3n) is 9.36. The summed E-state index contributed by atoms with van der Waals surface area (Å²) < 4.78 is 7.38. The number of aliphatic imine (C=N–C) groups is 2. The molecule has 0 spiro atoms. The van der Waals surface area contributed by atoms with Crippen LogP contribution in [0.4, 0.5) is 6.01 Å². The van der Waals surface area contributed by atoms with Crippen LogP contribution in [-0.4, -0.2) is 87.7 Å². The van der Waals surface area contributed by atoms with E-state index in [9.17, 15) is 9.59 Å². The summed E-state index contributed by atoms with van der Waals surface area (Å²) in [6.07, 6.45) is 13.0. The average Bonchev–Trinajstić information content (AvgIpc) is 3.74. The van der Waals surface area contributed by atoms with Crippen molar-refractivity contribution in [2.24, 2.45) is 9.98 Å². The van der Waals surface area contributed by atoms with Gasteiger partial charge in [0.05, 0.1) is 29.9 Å². The molecule has 0 aliphatic carbocycles. The SMILES string of the molecule is C=N/C=C(\C=N/CN(CCC)CCC)C(=O)NCCCCCCc1ccc(Cn2nc(-c3ccc4oc(N)nc4c3)c3c(C)ncnc32)cc1CCNC=O. The molecule has 0 saturated heterocycles. The van der Waals surface area contributed by atoms with Crippen LogP contribution in [-0.2, 0) is 29.0 Å². The Hall–Kier alpha value is -5.76. The molecule has 5 aromatic rings. The number of anilines is 1. The number of nitrogens with zero attached hydrogens (tertiary/aromatic N) is 8. The molecule has 0 unspecified atom stereocenters. The van der Waals surface area contributed by atoms with E-state index in [1.54, 1.807) is 12.5 Å². The highest BCUT2D eigenvalue weighted by Crippen LogP contribution is 2.31. The minimum Gasteiger partial charge on any atom is -0.424 e. The Morgan fingerprint density at radius 2 is 1.84 bits per heavy atom. The number of fused-ring (bicyclic) bond motifs is 2. The van der Waals surface area contributed by atoms with E-state index in [0.717, 1.165) is 104 Å². The minimum atomic E-state index is -0.192. The first-order valence-electron chi connectivity index (χ1n) is 19.1. The second-order valence-corrected chi connectivity index (χ2v) is 13.6. The smallest absolute Gasteiger partial charge is 0.292 e. The Bertz CT molecular complexity index is 2110. The highest BCUT2D eigenvalue weighted by molar-refractivity contribution is 6.12. The molecule has 0 fully saturated rings. The number of carbonyl (C=O) groups is 2. The van der Waals surface area contributed by atoms with Crippen molar-refractivity contribution in [2.45, 2.75) is 78.7 Å². The number of hydrogen-bond donors (Lipinski definition) is 3. The summed E-state index contributed by atoms with van der Waals surface area (Å²) in [6, 6.07) is 12.4. The fourth-order valence-corrected chi connectivity index (χ4v) is 6.74. The third kappa shape index (κ3) is 11.1. The van der Waals surface area contributed by atoms with Gasteiger partial charge in [-0.15, -0.1) is 0 Å². The Kier molecular flexibility index (Phi) is 15.2. The van der Waals surface area contributed by atoms with Crippen molar-refractivity contribution in [3.8, 4) is 11.3 Å². The number of aromatic nitrogens is 5. The van der Waals surface area contributed by atoms with Crippen LogP contribution in [0.15, 0.2) is 68.9 Å². The van der Waals surface area contributed by atoms with E-state index >= 15 is 0 Å². The van der Waals surface area contributed by atoms with Gasteiger partial charge in [-0.05, 0) is 100 Å². The van der Waals surface area contributed by atoms with Crippen molar-refractivity contribution in [3.05, 3.63) is 76.9 Å². The summed E-state index contributed by atoms with van der Waals surface area (Å²) in [5, 5.41) is 11.7. The molecule has 0 aliphatic rings. The van der Waals surface area contributed by atoms with Gasteiger partial charge in [-0.2, -0.15) is 10.1 Å². The number of oxazole rings is 1. The lowest BCUT2D eigenvalue weighted by molar-refractivity contribution is -0.117. The fraction of sp³-hybridized carbons (Fsp3) is 0.415. The second kappa shape index (κ2) is 20.6. The van der Waals surface area contributed by atoms with Crippen molar-refractivity contribution in [3.63, 3.8) is 0 Å². The van der Waals surface area contributed by atoms with Crippen molar-refractivity contribution < 1.29 is 14.0 Å². The van der Waals surface area contributed by atoms with Crippen LogP contribution in [0.3, 0.4) is 0 Å². The summed E-state index contributed by atoms with van der Waals surface area (Å²) in [5.41, 5.74) is 14.2. The number of nitrogen functional groups attached to an aromatic ring is 1. The normalized spacial score (nSPS) is 12.0. The molecule has 0 aliphatic heterocycles. The van der Waals surface area contributed by atoms with E-state index in [2.05, 4.69) is 79.2 Å². The van der Waals surface area contributed by atoms with Gasteiger partial charge in [0.25, 0.3) is 11.9 Å². The van der Waals surface area contributed by atoms with Crippen LogP contribution in [0.5, 0.6) is 0 Å². The number of nitrogens with two attached hydrogens (primary N) is 1. The van der Waals surface area contributed by atoms with E-state index in [-0.39, 0.29) is 11.9 Å². The maximum atomic E-state index is 12.8. The van der Waals surface area contributed by atoms with Crippen LogP contribution >= 0.6 is 0 Å². The predicted molar refractivity (Wildman–Crippen MR) is 219 cm³/mol. The molecule has 55 heavy (non-hydrogen) atoms. The monoisotopic (exact) mass is 747 g/mol. The van der Waals surface area contributed by atoms with Gasteiger partial charge in [0, 0.05) is 31.1 Å². The summed E-state index contributed by atoms with van der Waals surface area (Å²) >= 11 is 0. The van der Waals surface area contributed by atoms with Gasteiger partial charge >= 0.3 is 0 Å². The van der Waals surface area contributed by atoms with Crippen molar-refractivity contribution in [1.29, 1.82) is 0 Å². The Morgan fingerprint density at radius 1 is 1.02 bits per heavy atom. The van der Waals surface area contributed by atoms with Crippen molar-refractivity contribution >= 4 is 53.4 Å². The molecule has 2 amide bonds. The molecule has 0 saturated carbocycles. The van der Waals surface area contributed by atoms with Gasteiger partial charge in [0.1, 0.15) is 17.5 Å². The Balaban J connectivity index is 1.18. The third-order valence-corrected chi connectivity index (χ3v) is 9.36. The molecule has 0 bridgehead atoms. The van der Waals surface area contributed by atoms with Gasteiger partial charge in [0.15, 0.2) is 11.2 Å². The van der Waals surface area contributed by atoms with Crippen molar-refractivity contribution in [2.75, 3.05) is 38.6 Å². The largest absolute Gasteiger partial charge is 0.424 e. The number of hydrogen-bond acceptors (Lipinski definition) is 11. The first-order valence-corrected chi connectivity index (χ1v) is 19.1. The van der Waals surface area contributed by atoms with Gasteiger partial charge < -0.3 is 20.8 Å². The summed E-state index contributed by atoms with van der Waals surface area (Å²) in [6.45, 7) is 13.9. The molecule has 0 atom stereocenters. The number of unbranched alkanes of at least 4 members (excludes halogenated alkanes) is 3. The molecule has 0 radical (unpaired) electrons. The maximum Gasteiger partial charge on any atom is 0.292 e. The van der Waals surface area contributed by atoms with Gasteiger partial charge in [-0.1, -0.05) is 44.9 Å². The molecule has 5 rings (SSSR count).